The summed E-state index contributed by atoms with van der Waals surface area (Å²) >= 11 is 0. The third kappa shape index (κ3) is 5.31. The normalized spacial score (nSPS) is 11.7. The van der Waals surface area contributed by atoms with Crippen LogP contribution in [0.25, 0.3) is 0 Å². The highest BCUT2D eigenvalue weighted by atomic mass is 15.2. The summed E-state index contributed by atoms with van der Waals surface area (Å²) < 4.78 is 0. The Bertz CT molecular complexity index is 370. The number of anilines is 2. The second-order valence-electron chi connectivity index (χ2n) is 5.88. The Labute approximate surface area is 110 Å². The van der Waals surface area contributed by atoms with Crippen molar-refractivity contribution < 1.29 is 0 Å². The molecule has 0 atom stereocenters. The van der Waals surface area contributed by atoms with E-state index in [1.807, 2.05) is 31.9 Å². The number of rotatable bonds is 6. The zero-order valence-corrected chi connectivity index (χ0v) is 12.1. The van der Waals surface area contributed by atoms with E-state index in [1.54, 1.807) is 6.33 Å². The highest BCUT2D eigenvalue weighted by molar-refractivity contribution is 5.48. The van der Waals surface area contributed by atoms with Gasteiger partial charge in [-0.2, -0.15) is 0 Å². The van der Waals surface area contributed by atoms with Crippen molar-refractivity contribution in [3.8, 4) is 0 Å². The summed E-state index contributed by atoms with van der Waals surface area (Å²) in [6.07, 6.45) is 1.58. The van der Waals surface area contributed by atoms with E-state index in [4.69, 9.17) is 5.73 Å². The maximum Gasteiger partial charge on any atom is 0.133 e. The molecule has 0 bridgehead atoms. The van der Waals surface area contributed by atoms with E-state index in [0.717, 1.165) is 24.7 Å². The number of hydrogen-bond acceptors (Lipinski definition) is 5. The summed E-state index contributed by atoms with van der Waals surface area (Å²) in [6, 6.07) is 1.95. The van der Waals surface area contributed by atoms with Gasteiger partial charge in [-0.25, -0.2) is 9.97 Å². The molecular weight excluding hydrogens is 226 g/mol. The fourth-order valence-corrected chi connectivity index (χ4v) is 1.65. The molecule has 102 valence electrons. The maximum atomic E-state index is 6.01. The number of nitrogens with zero attached hydrogens (tertiary/aromatic N) is 3. The smallest absolute Gasteiger partial charge is 0.133 e. The van der Waals surface area contributed by atoms with Gasteiger partial charge in [0, 0.05) is 31.7 Å². The molecule has 0 aromatic carbocycles. The van der Waals surface area contributed by atoms with Crippen LogP contribution in [0, 0.1) is 5.92 Å². The molecule has 0 aliphatic rings. The molecule has 0 aliphatic carbocycles. The van der Waals surface area contributed by atoms with E-state index < -0.39 is 0 Å². The van der Waals surface area contributed by atoms with Crippen LogP contribution in [0.2, 0.25) is 0 Å². The van der Waals surface area contributed by atoms with E-state index >= 15 is 0 Å². The Morgan fingerprint density at radius 1 is 1.39 bits per heavy atom. The van der Waals surface area contributed by atoms with Crippen molar-refractivity contribution in [2.24, 2.45) is 11.7 Å². The Hall–Kier alpha value is -1.36. The number of aromatic nitrogens is 2. The largest absolute Gasteiger partial charge is 0.370 e. The summed E-state index contributed by atoms with van der Waals surface area (Å²) in [6.45, 7) is 9.98. The van der Waals surface area contributed by atoms with Gasteiger partial charge in [0.25, 0.3) is 0 Å². The van der Waals surface area contributed by atoms with Crippen molar-refractivity contribution in [3.63, 3.8) is 0 Å². The number of likely N-dealkylation sites (N-methyl/N-ethyl adjacent to an activating group) is 1. The quantitative estimate of drug-likeness (QED) is 0.806. The first-order chi connectivity index (χ1) is 8.28. The summed E-state index contributed by atoms with van der Waals surface area (Å²) in [7, 11) is 1.99. The standard InChI is InChI=1S/C13H25N5/c1-10(2)7-15-11-6-12(17-9-16-11)18(5)8-13(3,4)14/h6,9-10H,7-8,14H2,1-5H3,(H,15,16,17). The highest BCUT2D eigenvalue weighted by Gasteiger charge is 2.15. The molecule has 1 heterocycles. The minimum absolute atomic E-state index is 0.245. The fourth-order valence-electron chi connectivity index (χ4n) is 1.65. The number of nitrogens with one attached hydrogen (secondary N) is 1. The Morgan fingerprint density at radius 3 is 2.61 bits per heavy atom. The van der Waals surface area contributed by atoms with E-state index in [2.05, 4.69) is 29.1 Å². The average Bonchev–Trinajstić information content (AvgIpc) is 2.24. The van der Waals surface area contributed by atoms with Crippen LogP contribution in [-0.4, -0.2) is 35.6 Å². The molecule has 0 saturated carbocycles. The molecule has 0 radical (unpaired) electrons. The summed E-state index contributed by atoms with van der Waals surface area (Å²) in [4.78, 5) is 10.5. The van der Waals surface area contributed by atoms with Crippen molar-refractivity contribution in [3.05, 3.63) is 12.4 Å². The molecule has 0 amide bonds. The first-order valence-electron chi connectivity index (χ1n) is 6.34. The molecule has 1 aromatic rings. The van der Waals surface area contributed by atoms with Crippen LogP contribution < -0.4 is 16.0 Å². The SMILES string of the molecule is CC(C)CNc1cc(N(C)CC(C)(C)N)ncn1. The number of hydrogen-bond donors (Lipinski definition) is 2. The predicted octanol–water partition coefficient (Wildman–Crippen LogP) is 1.72. The lowest BCUT2D eigenvalue weighted by molar-refractivity contribution is 0.517. The monoisotopic (exact) mass is 251 g/mol. The molecule has 5 heteroatoms. The summed E-state index contributed by atoms with van der Waals surface area (Å²) in [5.41, 5.74) is 5.76. The van der Waals surface area contributed by atoms with Crippen molar-refractivity contribution in [2.75, 3.05) is 30.4 Å². The van der Waals surface area contributed by atoms with Crippen molar-refractivity contribution >= 4 is 11.6 Å². The fraction of sp³-hybridized carbons (Fsp3) is 0.692. The predicted molar refractivity (Wildman–Crippen MR) is 76.9 cm³/mol. The first kappa shape index (κ1) is 14.7. The molecule has 0 unspecified atom stereocenters. The van der Waals surface area contributed by atoms with Crippen molar-refractivity contribution in [1.29, 1.82) is 0 Å². The highest BCUT2D eigenvalue weighted by Crippen LogP contribution is 2.14. The molecular formula is C13H25N5. The summed E-state index contributed by atoms with van der Waals surface area (Å²) in [5.74, 6) is 2.33. The van der Waals surface area contributed by atoms with Crippen molar-refractivity contribution in [2.45, 2.75) is 33.2 Å². The van der Waals surface area contributed by atoms with Crippen LogP contribution in [0.5, 0.6) is 0 Å². The van der Waals surface area contributed by atoms with Crippen LogP contribution in [0.3, 0.4) is 0 Å². The molecule has 1 rings (SSSR count). The molecule has 5 nitrogen and oxygen atoms in total. The van der Waals surface area contributed by atoms with Gasteiger partial charge in [-0.15, -0.1) is 0 Å². The molecule has 0 saturated heterocycles. The molecule has 0 fully saturated rings. The third-order valence-electron chi connectivity index (χ3n) is 2.38. The van der Waals surface area contributed by atoms with Gasteiger partial charge in [0.1, 0.15) is 18.0 Å². The zero-order chi connectivity index (χ0) is 13.8. The third-order valence-corrected chi connectivity index (χ3v) is 2.38. The van der Waals surface area contributed by atoms with E-state index in [1.165, 1.54) is 0 Å². The van der Waals surface area contributed by atoms with Gasteiger partial charge >= 0.3 is 0 Å². The van der Waals surface area contributed by atoms with Crippen LogP contribution in [0.1, 0.15) is 27.7 Å². The van der Waals surface area contributed by atoms with Gasteiger partial charge in [-0.1, -0.05) is 13.8 Å². The van der Waals surface area contributed by atoms with Gasteiger partial charge < -0.3 is 16.0 Å². The second kappa shape index (κ2) is 6.00. The van der Waals surface area contributed by atoms with Crippen LogP contribution in [0.4, 0.5) is 11.6 Å². The molecule has 0 spiro atoms. The van der Waals surface area contributed by atoms with E-state index in [-0.39, 0.29) is 5.54 Å². The Kier molecular flexibility index (Phi) is 4.90. The molecule has 3 N–H and O–H groups in total. The van der Waals surface area contributed by atoms with Gasteiger partial charge in [0.15, 0.2) is 0 Å². The molecule has 18 heavy (non-hydrogen) atoms. The Morgan fingerprint density at radius 2 is 2.06 bits per heavy atom. The molecule has 0 aliphatic heterocycles. The van der Waals surface area contributed by atoms with E-state index in [0.29, 0.717) is 5.92 Å². The van der Waals surface area contributed by atoms with Crippen LogP contribution in [0.15, 0.2) is 12.4 Å². The van der Waals surface area contributed by atoms with Crippen LogP contribution >= 0.6 is 0 Å². The van der Waals surface area contributed by atoms with E-state index in [9.17, 15) is 0 Å². The minimum atomic E-state index is -0.245. The zero-order valence-electron chi connectivity index (χ0n) is 12.1. The van der Waals surface area contributed by atoms with Gasteiger partial charge in [-0.05, 0) is 19.8 Å². The summed E-state index contributed by atoms with van der Waals surface area (Å²) in [5, 5.41) is 3.29. The van der Waals surface area contributed by atoms with Gasteiger partial charge in [0.2, 0.25) is 0 Å². The minimum Gasteiger partial charge on any atom is -0.370 e. The van der Waals surface area contributed by atoms with Gasteiger partial charge in [-0.3, -0.25) is 0 Å². The Balaban J connectivity index is 2.69. The lowest BCUT2D eigenvalue weighted by Gasteiger charge is -2.27. The second-order valence-corrected chi connectivity index (χ2v) is 5.88. The average molecular weight is 251 g/mol. The lowest BCUT2D eigenvalue weighted by atomic mass is 10.1. The lowest BCUT2D eigenvalue weighted by Crippen LogP contribution is -2.44. The topological polar surface area (TPSA) is 67.1 Å². The first-order valence-corrected chi connectivity index (χ1v) is 6.34. The van der Waals surface area contributed by atoms with Crippen LogP contribution in [-0.2, 0) is 0 Å². The van der Waals surface area contributed by atoms with Gasteiger partial charge in [0.05, 0.1) is 0 Å². The van der Waals surface area contributed by atoms with Crippen molar-refractivity contribution in [1.82, 2.24) is 9.97 Å². The molecule has 1 aromatic heterocycles. The number of nitrogens with two attached hydrogens (primary N) is 1. The maximum absolute atomic E-state index is 6.01.